The molecule has 15 heavy (non-hydrogen) atoms. The fourth-order valence-electron chi connectivity index (χ4n) is 3.04. The normalized spacial score (nSPS) is 34.6. The van der Waals surface area contributed by atoms with E-state index >= 15 is 0 Å². The number of carbonyl (C=O) groups is 1. The molecule has 2 aliphatic heterocycles. The highest BCUT2D eigenvalue weighted by Gasteiger charge is 2.48. The smallest absolute Gasteiger partial charge is 0.308 e. The molecule has 2 bridgehead atoms. The van der Waals surface area contributed by atoms with E-state index in [2.05, 4.69) is 11.5 Å². The van der Waals surface area contributed by atoms with Crippen LogP contribution in [-0.2, 0) is 4.79 Å². The van der Waals surface area contributed by atoms with Crippen molar-refractivity contribution >= 4 is 5.97 Å². The summed E-state index contributed by atoms with van der Waals surface area (Å²) in [6, 6.07) is 0.822. The van der Waals surface area contributed by atoms with Gasteiger partial charge in [0.05, 0.1) is 5.92 Å². The predicted octanol–water partition coefficient (Wildman–Crippen LogP) is 1.89. The second-order valence-electron chi connectivity index (χ2n) is 4.92. The molecule has 3 heteroatoms. The Morgan fingerprint density at radius 2 is 2.27 bits per heavy atom. The van der Waals surface area contributed by atoms with Crippen LogP contribution in [0.5, 0.6) is 0 Å². The number of hydrogen-bond donors (Lipinski definition) is 1. The number of hydrogen-bond acceptors (Lipinski definition) is 2. The summed E-state index contributed by atoms with van der Waals surface area (Å²) in [5.74, 6) is -0.726. The van der Waals surface area contributed by atoms with Gasteiger partial charge in [0.15, 0.2) is 0 Å². The monoisotopic (exact) mass is 209 g/mol. The molecule has 0 aromatic rings. The van der Waals surface area contributed by atoms with E-state index in [0.29, 0.717) is 12.1 Å². The Hall–Kier alpha value is -0.830. The van der Waals surface area contributed by atoms with Gasteiger partial charge in [0.25, 0.3) is 0 Å². The lowest BCUT2D eigenvalue weighted by Crippen LogP contribution is -2.33. The van der Waals surface area contributed by atoms with E-state index in [1.54, 1.807) is 0 Å². The van der Waals surface area contributed by atoms with Crippen LogP contribution in [0.1, 0.15) is 32.6 Å². The van der Waals surface area contributed by atoms with Crippen molar-refractivity contribution in [1.82, 2.24) is 4.90 Å². The molecule has 3 unspecified atom stereocenters. The first kappa shape index (κ1) is 10.7. The molecule has 84 valence electrons. The minimum absolute atomic E-state index is 0.117. The highest BCUT2D eigenvalue weighted by Crippen LogP contribution is 2.41. The molecule has 3 atom stereocenters. The largest absolute Gasteiger partial charge is 0.481 e. The van der Waals surface area contributed by atoms with Gasteiger partial charge in [-0.1, -0.05) is 5.57 Å². The molecule has 3 nitrogen and oxygen atoms in total. The van der Waals surface area contributed by atoms with Crippen molar-refractivity contribution in [2.45, 2.75) is 44.7 Å². The zero-order chi connectivity index (χ0) is 11.0. The first-order chi connectivity index (χ1) is 7.09. The molecular formula is C12H19NO2. The molecule has 0 saturated carbocycles. The van der Waals surface area contributed by atoms with Crippen LogP contribution in [0.3, 0.4) is 0 Å². The Balaban J connectivity index is 1.97. The van der Waals surface area contributed by atoms with Crippen molar-refractivity contribution in [3.63, 3.8) is 0 Å². The van der Waals surface area contributed by atoms with Crippen molar-refractivity contribution in [3.8, 4) is 0 Å². The average molecular weight is 209 g/mol. The fraction of sp³-hybridized carbons (Fsp3) is 0.750. The molecular weight excluding hydrogens is 190 g/mol. The minimum Gasteiger partial charge on any atom is -0.481 e. The van der Waals surface area contributed by atoms with Gasteiger partial charge in [-0.05, 0) is 32.6 Å². The van der Waals surface area contributed by atoms with Crippen LogP contribution < -0.4 is 0 Å². The van der Waals surface area contributed by atoms with Crippen molar-refractivity contribution in [3.05, 3.63) is 12.2 Å². The topological polar surface area (TPSA) is 40.5 Å². The Labute approximate surface area is 90.8 Å². The number of nitrogens with zero attached hydrogens (tertiary/aromatic N) is 1. The number of aliphatic carboxylic acids is 1. The molecule has 2 fully saturated rings. The van der Waals surface area contributed by atoms with Crippen LogP contribution in [0.2, 0.25) is 0 Å². The summed E-state index contributed by atoms with van der Waals surface area (Å²) >= 11 is 0. The van der Waals surface area contributed by atoms with Gasteiger partial charge in [-0.25, -0.2) is 0 Å². The third kappa shape index (κ3) is 1.93. The number of carboxylic acid groups (broad SMARTS) is 1. The summed E-state index contributed by atoms with van der Waals surface area (Å²) in [4.78, 5) is 13.4. The van der Waals surface area contributed by atoms with Gasteiger partial charge < -0.3 is 5.11 Å². The van der Waals surface area contributed by atoms with Gasteiger partial charge in [-0.3, -0.25) is 9.69 Å². The molecule has 0 aliphatic carbocycles. The number of fused-ring (bicyclic) bond motifs is 2. The predicted molar refractivity (Wildman–Crippen MR) is 58.7 cm³/mol. The summed E-state index contributed by atoms with van der Waals surface area (Å²) < 4.78 is 0. The number of carboxylic acids is 1. The molecule has 1 N–H and O–H groups in total. The van der Waals surface area contributed by atoms with Gasteiger partial charge in [0.2, 0.25) is 0 Å². The van der Waals surface area contributed by atoms with Crippen molar-refractivity contribution in [2.24, 2.45) is 5.92 Å². The molecule has 2 saturated heterocycles. The van der Waals surface area contributed by atoms with Gasteiger partial charge in [-0.2, -0.15) is 0 Å². The minimum atomic E-state index is -0.609. The van der Waals surface area contributed by atoms with Crippen LogP contribution in [0.4, 0.5) is 0 Å². The first-order valence-corrected chi connectivity index (χ1v) is 5.72. The highest BCUT2D eigenvalue weighted by atomic mass is 16.4. The lowest BCUT2D eigenvalue weighted by atomic mass is 9.89. The molecule has 2 rings (SSSR count). The molecule has 0 spiro atoms. The zero-order valence-corrected chi connectivity index (χ0v) is 9.28. The average Bonchev–Trinajstić information content (AvgIpc) is 2.70. The molecule has 0 aromatic carbocycles. The fourth-order valence-corrected chi connectivity index (χ4v) is 3.04. The maximum Gasteiger partial charge on any atom is 0.308 e. The molecule has 0 amide bonds. The summed E-state index contributed by atoms with van der Waals surface area (Å²) in [5, 5.41) is 9.09. The Kier molecular flexibility index (Phi) is 2.83. The second kappa shape index (κ2) is 3.97. The SMILES string of the molecule is C=C(C)CCN1C2CCC1C(C(=O)O)C2. The molecule has 0 radical (unpaired) electrons. The maximum atomic E-state index is 11.0. The van der Waals surface area contributed by atoms with Crippen molar-refractivity contribution in [2.75, 3.05) is 6.54 Å². The Morgan fingerprint density at radius 3 is 2.80 bits per heavy atom. The summed E-state index contributed by atoms with van der Waals surface area (Å²) in [6.45, 7) is 6.93. The van der Waals surface area contributed by atoms with Gasteiger partial charge in [0, 0.05) is 18.6 Å². The summed E-state index contributed by atoms with van der Waals surface area (Å²) in [5.41, 5.74) is 1.19. The maximum absolute atomic E-state index is 11.0. The molecule has 2 aliphatic rings. The lowest BCUT2D eigenvalue weighted by Gasteiger charge is -2.22. The van der Waals surface area contributed by atoms with Gasteiger partial charge in [-0.15, -0.1) is 6.58 Å². The van der Waals surface area contributed by atoms with Crippen molar-refractivity contribution < 1.29 is 9.90 Å². The van der Waals surface area contributed by atoms with Gasteiger partial charge in [0.1, 0.15) is 0 Å². The van der Waals surface area contributed by atoms with Crippen LogP contribution >= 0.6 is 0 Å². The van der Waals surface area contributed by atoms with E-state index in [1.807, 2.05) is 6.92 Å². The molecule has 2 heterocycles. The summed E-state index contributed by atoms with van der Waals surface area (Å²) in [6.07, 6.45) is 4.11. The lowest BCUT2D eigenvalue weighted by molar-refractivity contribution is -0.142. The Bertz CT molecular complexity index is 287. The third-order valence-electron chi connectivity index (χ3n) is 3.80. The van der Waals surface area contributed by atoms with E-state index < -0.39 is 5.97 Å². The van der Waals surface area contributed by atoms with Crippen LogP contribution in [-0.4, -0.2) is 34.6 Å². The number of rotatable bonds is 4. The Morgan fingerprint density at radius 1 is 1.53 bits per heavy atom. The standard InChI is InChI=1S/C12H19NO2/c1-8(2)5-6-13-9-3-4-11(13)10(7-9)12(14)15/h9-11H,1,3-7H2,2H3,(H,14,15). The first-order valence-electron chi connectivity index (χ1n) is 5.72. The van der Waals surface area contributed by atoms with E-state index in [4.69, 9.17) is 5.11 Å². The van der Waals surface area contributed by atoms with E-state index in [9.17, 15) is 4.79 Å². The van der Waals surface area contributed by atoms with E-state index in [1.165, 1.54) is 12.0 Å². The van der Waals surface area contributed by atoms with Crippen molar-refractivity contribution in [1.29, 1.82) is 0 Å². The van der Waals surface area contributed by atoms with E-state index in [0.717, 1.165) is 25.8 Å². The zero-order valence-electron chi connectivity index (χ0n) is 9.28. The van der Waals surface area contributed by atoms with Gasteiger partial charge >= 0.3 is 5.97 Å². The van der Waals surface area contributed by atoms with Crippen LogP contribution in [0, 0.1) is 5.92 Å². The van der Waals surface area contributed by atoms with Crippen LogP contribution in [0.25, 0.3) is 0 Å². The molecule has 0 aromatic heterocycles. The highest BCUT2D eigenvalue weighted by molar-refractivity contribution is 5.71. The van der Waals surface area contributed by atoms with E-state index in [-0.39, 0.29) is 5.92 Å². The van der Waals surface area contributed by atoms with Crippen LogP contribution in [0.15, 0.2) is 12.2 Å². The second-order valence-corrected chi connectivity index (χ2v) is 4.92. The summed E-state index contributed by atoms with van der Waals surface area (Å²) in [7, 11) is 0. The quantitative estimate of drug-likeness (QED) is 0.719. The third-order valence-corrected chi connectivity index (χ3v) is 3.80.